The molecule has 0 spiro atoms. The van der Waals surface area contributed by atoms with E-state index in [1.165, 1.54) is 24.1 Å². The number of rotatable bonds is 5. The molecule has 18 heavy (non-hydrogen) atoms. The van der Waals surface area contributed by atoms with Gasteiger partial charge >= 0.3 is 5.97 Å². The van der Waals surface area contributed by atoms with Crippen molar-refractivity contribution in [1.29, 1.82) is 0 Å². The van der Waals surface area contributed by atoms with Gasteiger partial charge in [-0.05, 0) is 13.0 Å². The van der Waals surface area contributed by atoms with Crippen molar-refractivity contribution in [3.8, 4) is 0 Å². The summed E-state index contributed by atoms with van der Waals surface area (Å²) in [5.74, 6) is -2.91. The molecule has 1 amide bonds. The molecular weight excluding hydrogens is 239 g/mol. The summed E-state index contributed by atoms with van der Waals surface area (Å²) in [6, 6.07) is 1.28. The molecular formula is C12H15FN2O3. The number of nitrogens with zero attached hydrogens (tertiary/aromatic N) is 2. The van der Waals surface area contributed by atoms with Crippen molar-refractivity contribution in [2.24, 2.45) is 5.92 Å². The fourth-order valence-electron chi connectivity index (χ4n) is 1.48. The molecule has 0 aromatic carbocycles. The van der Waals surface area contributed by atoms with Gasteiger partial charge in [0.25, 0.3) is 5.91 Å². The maximum Gasteiger partial charge on any atom is 0.308 e. The van der Waals surface area contributed by atoms with Crippen LogP contribution in [0.2, 0.25) is 0 Å². The molecule has 1 rings (SSSR count). The molecule has 5 nitrogen and oxygen atoms in total. The normalized spacial score (nSPS) is 11.9. The van der Waals surface area contributed by atoms with E-state index in [0.29, 0.717) is 6.54 Å². The number of carboxylic acids is 1. The number of carboxylic acid groups (broad SMARTS) is 1. The second-order valence-corrected chi connectivity index (χ2v) is 3.94. The Balaban J connectivity index is 2.86. The number of carbonyl (C=O) groups is 2. The van der Waals surface area contributed by atoms with Gasteiger partial charge in [0.05, 0.1) is 17.7 Å². The summed E-state index contributed by atoms with van der Waals surface area (Å²) < 4.78 is 13.4. The van der Waals surface area contributed by atoms with Crippen LogP contribution in [0.5, 0.6) is 0 Å². The van der Waals surface area contributed by atoms with Crippen LogP contribution in [-0.2, 0) is 4.79 Å². The predicted octanol–water partition coefficient (Wildman–Crippen LogP) is 1.40. The van der Waals surface area contributed by atoms with Crippen molar-refractivity contribution < 1.29 is 19.1 Å². The van der Waals surface area contributed by atoms with Gasteiger partial charge in [0.1, 0.15) is 0 Å². The second-order valence-electron chi connectivity index (χ2n) is 3.94. The lowest BCUT2D eigenvalue weighted by Crippen LogP contribution is -2.37. The standard InChI is InChI=1S/C12H15FN2O3/c1-3-15(7-8(2)12(17)18)11(16)9-4-5-14-6-10(9)13/h4-6,8H,3,7H2,1-2H3,(H,17,18). The lowest BCUT2D eigenvalue weighted by Gasteiger charge is -2.23. The van der Waals surface area contributed by atoms with Crippen LogP contribution >= 0.6 is 0 Å². The van der Waals surface area contributed by atoms with E-state index < -0.39 is 23.6 Å². The van der Waals surface area contributed by atoms with Gasteiger partial charge in [0.2, 0.25) is 0 Å². The van der Waals surface area contributed by atoms with Gasteiger partial charge in [0.15, 0.2) is 5.82 Å². The third-order valence-corrected chi connectivity index (χ3v) is 2.59. The highest BCUT2D eigenvalue weighted by Crippen LogP contribution is 2.10. The predicted molar refractivity (Wildman–Crippen MR) is 62.6 cm³/mol. The molecule has 0 aliphatic rings. The van der Waals surface area contributed by atoms with E-state index in [1.807, 2.05) is 0 Å². The number of halogens is 1. The Bertz CT molecular complexity index is 451. The van der Waals surface area contributed by atoms with Gasteiger partial charge in [-0.25, -0.2) is 4.39 Å². The summed E-state index contributed by atoms with van der Waals surface area (Å²) in [6.45, 7) is 3.58. The molecule has 1 heterocycles. The first-order chi connectivity index (χ1) is 8.47. The van der Waals surface area contributed by atoms with Gasteiger partial charge in [-0.2, -0.15) is 0 Å². The molecule has 0 saturated heterocycles. The zero-order valence-corrected chi connectivity index (χ0v) is 10.3. The third kappa shape index (κ3) is 3.26. The average Bonchev–Trinajstić information content (AvgIpc) is 2.35. The second kappa shape index (κ2) is 6.09. The van der Waals surface area contributed by atoms with Crippen molar-refractivity contribution >= 4 is 11.9 Å². The number of hydrogen-bond donors (Lipinski definition) is 1. The molecule has 0 radical (unpaired) electrons. The Morgan fingerprint density at radius 1 is 1.56 bits per heavy atom. The largest absolute Gasteiger partial charge is 0.481 e. The fourth-order valence-corrected chi connectivity index (χ4v) is 1.48. The van der Waals surface area contributed by atoms with Gasteiger partial charge in [-0.1, -0.05) is 6.92 Å². The molecule has 1 N–H and O–H groups in total. The summed E-state index contributed by atoms with van der Waals surface area (Å²) >= 11 is 0. The highest BCUT2D eigenvalue weighted by molar-refractivity contribution is 5.94. The highest BCUT2D eigenvalue weighted by atomic mass is 19.1. The first-order valence-corrected chi connectivity index (χ1v) is 5.59. The van der Waals surface area contributed by atoms with Gasteiger partial charge < -0.3 is 10.0 Å². The number of aromatic nitrogens is 1. The zero-order chi connectivity index (χ0) is 13.7. The van der Waals surface area contributed by atoms with Crippen molar-refractivity contribution in [3.05, 3.63) is 29.8 Å². The first-order valence-electron chi connectivity index (χ1n) is 5.59. The number of pyridine rings is 1. The van der Waals surface area contributed by atoms with Crippen LogP contribution in [0, 0.1) is 11.7 Å². The molecule has 1 atom stereocenters. The summed E-state index contributed by atoms with van der Waals surface area (Å²) in [6.07, 6.45) is 2.28. The quantitative estimate of drug-likeness (QED) is 0.862. The molecule has 1 aromatic heterocycles. The number of carbonyl (C=O) groups excluding carboxylic acids is 1. The smallest absolute Gasteiger partial charge is 0.308 e. The van der Waals surface area contributed by atoms with E-state index in [4.69, 9.17) is 5.11 Å². The molecule has 98 valence electrons. The lowest BCUT2D eigenvalue weighted by molar-refractivity contribution is -0.141. The summed E-state index contributed by atoms with van der Waals surface area (Å²) in [7, 11) is 0. The summed E-state index contributed by atoms with van der Waals surface area (Å²) in [5.41, 5.74) is -0.0931. The molecule has 0 saturated carbocycles. The maximum atomic E-state index is 13.4. The van der Waals surface area contributed by atoms with Gasteiger partial charge in [0, 0.05) is 19.3 Å². The van der Waals surface area contributed by atoms with Crippen molar-refractivity contribution in [3.63, 3.8) is 0 Å². The van der Waals surface area contributed by atoms with Gasteiger partial charge in [-0.3, -0.25) is 14.6 Å². The maximum absolute atomic E-state index is 13.4. The average molecular weight is 254 g/mol. The zero-order valence-electron chi connectivity index (χ0n) is 10.3. The van der Waals surface area contributed by atoms with E-state index in [0.717, 1.165) is 6.20 Å². The molecule has 0 aliphatic heterocycles. The molecule has 6 heteroatoms. The minimum atomic E-state index is -0.989. The van der Waals surface area contributed by atoms with Crippen LogP contribution in [0.25, 0.3) is 0 Å². The van der Waals surface area contributed by atoms with Crippen LogP contribution in [0.1, 0.15) is 24.2 Å². The minimum Gasteiger partial charge on any atom is -0.481 e. The minimum absolute atomic E-state index is 0.0480. The SMILES string of the molecule is CCN(CC(C)C(=O)O)C(=O)c1ccncc1F. The Morgan fingerprint density at radius 3 is 2.72 bits per heavy atom. The molecule has 0 bridgehead atoms. The molecule has 0 fully saturated rings. The Morgan fingerprint density at radius 2 is 2.22 bits per heavy atom. The van der Waals surface area contributed by atoms with E-state index in [1.54, 1.807) is 6.92 Å². The summed E-state index contributed by atoms with van der Waals surface area (Å²) in [5, 5.41) is 8.81. The lowest BCUT2D eigenvalue weighted by atomic mass is 10.1. The van der Waals surface area contributed by atoms with E-state index in [2.05, 4.69) is 4.98 Å². The topological polar surface area (TPSA) is 70.5 Å². The van der Waals surface area contributed by atoms with Gasteiger partial charge in [-0.15, -0.1) is 0 Å². The molecule has 0 aliphatic carbocycles. The Kier molecular flexibility index (Phi) is 4.76. The van der Waals surface area contributed by atoms with E-state index in [9.17, 15) is 14.0 Å². The number of amides is 1. The molecule has 1 aromatic rings. The highest BCUT2D eigenvalue weighted by Gasteiger charge is 2.22. The third-order valence-electron chi connectivity index (χ3n) is 2.59. The first kappa shape index (κ1) is 14.1. The van der Waals surface area contributed by atoms with Crippen LogP contribution in [-0.4, -0.2) is 40.0 Å². The molecule has 1 unspecified atom stereocenters. The summed E-state index contributed by atoms with van der Waals surface area (Å²) in [4.78, 5) is 27.6. The fraction of sp³-hybridized carbons (Fsp3) is 0.417. The van der Waals surface area contributed by atoms with E-state index in [-0.39, 0.29) is 12.1 Å². The van der Waals surface area contributed by atoms with Crippen molar-refractivity contribution in [1.82, 2.24) is 9.88 Å². The van der Waals surface area contributed by atoms with Crippen LogP contribution in [0.4, 0.5) is 4.39 Å². The van der Waals surface area contributed by atoms with Crippen LogP contribution < -0.4 is 0 Å². The Labute approximate surface area is 104 Å². The number of aliphatic carboxylic acids is 1. The van der Waals surface area contributed by atoms with E-state index >= 15 is 0 Å². The van der Waals surface area contributed by atoms with Crippen LogP contribution in [0.3, 0.4) is 0 Å². The number of hydrogen-bond acceptors (Lipinski definition) is 3. The van der Waals surface area contributed by atoms with Crippen LogP contribution in [0.15, 0.2) is 18.5 Å². The van der Waals surface area contributed by atoms with Crippen molar-refractivity contribution in [2.45, 2.75) is 13.8 Å². The monoisotopic (exact) mass is 254 g/mol. The Hall–Kier alpha value is -1.98. The van der Waals surface area contributed by atoms with Crippen molar-refractivity contribution in [2.75, 3.05) is 13.1 Å².